The maximum atomic E-state index is 12.7. The lowest BCUT2D eigenvalue weighted by molar-refractivity contribution is -0.130. The van der Waals surface area contributed by atoms with Gasteiger partial charge in [-0.15, -0.1) is 11.3 Å². The minimum Gasteiger partial charge on any atom is -0.465 e. The molecule has 2 heterocycles. The average molecular weight is 437 g/mol. The van der Waals surface area contributed by atoms with Gasteiger partial charge >= 0.3 is 5.97 Å². The zero-order valence-electron chi connectivity index (χ0n) is 18.3. The highest BCUT2D eigenvalue weighted by molar-refractivity contribution is 7.17. The SMILES string of the molecule is COC(=O)c1c(NC(=O)CN2CCN(CC(=O)N(C)C)CC2)sc2c1CCC(C)C2. The molecule has 30 heavy (non-hydrogen) atoms. The van der Waals surface area contributed by atoms with E-state index in [1.165, 1.54) is 23.3 Å². The molecule has 9 heteroatoms. The minimum atomic E-state index is -0.378. The van der Waals surface area contributed by atoms with Crippen LogP contribution in [0, 0.1) is 5.92 Å². The Kier molecular flexibility index (Phi) is 7.49. The molecule has 2 aliphatic rings. The lowest BCUT2D eigenvalue weighted by Gasteiger charge is -2.34. The van der Waals surface area contributed by atoms with Crippen LogP contribution in [-0.4, -0.2) is 93.0 Å². The number of ether oxygens (including phenoxy) is 1. The molecule has 0 bridgehead atoms. The number of hydrogen-bond donors (Lipinski definition) is 1. The maximum Gasteiger partial charge on any atom is 0.341 e. The molecular formula is C21H32N4O4S. The van der Waals surface area contributed by atoms with E-state index in [0.717, 1.165) is 51.0 Å². The number of carbonyl (C=O) groups is 3. The van der Waals surface area contributed by atoms with Gasteiger partial charge in [0.2, 0.25) is 11.8 Å². The summed E-state index contributed by atoms with van der Waals surface area (Å²) >= 11 is 1.51. The summed E-state index contributed by atoms with van der Waals surface area (Å²) in [5.74, 6) is 0.175. The quantitative estimate of drug-likeness (QED) is 0.677. The van der Waals surface area contributed by atoms with Crippen molar-refractivity contribution in [3.63, 3.8) is 0 Å². The van der Waals surface area contributed by atoms with Crippen LogP contribution in [0.3, 0.4) is 0 Å². The van der Waals surface area contributed by atoms with E-state index in [2.05, 4.69) is 22.0 Å². The summed E-state index contributed by atoms with van der Waals surface area (Å²) in [4.78, 5) is 43.9. The summed E-state index contributed by atoms with van der Waals surface area (Å²) in [6.45, 7) is 5.87. The number of methoxy groups -OCH3 is 1. The van der Waals surface area contributed by atoms with Gasteiger partial charge in [0, 0.05) is 45.2 Å². The lowest BCUT2D eigenvalue weighted by Crippen LogP contribution is -2.50. The topological polar surface area (TPSA) is 82.2 Å². The molecule has 1 aliphatic heterocycles. The molecule has 1 N–H and O–H groups in total. The molecule has 1 fully saturated rings. The molecule has 2 amide bonds. The van der Waals surface area contributed by atoms with E-state index in [1.54, 1.807) is 19.0 Å². The maximum absolute atomic E-state index is 12.7. The van der Waals surface area contributed by atoms with Gasteiger partial charge in [-0.05, 0) is 30.7 Å². The number of esters is 1. The lowest BCUT2D eigenvalue weighted by atomic mass is 9.88. The smallest absolute Gasteiger partial charge is 0.341 e. The van der Waals surface area contributed by atoms with E-state index < -0.39 is 0 Å². The molecule has 1 aliphatic carbocycles. The van der Waals surface area contributed by atoms with Crippen molar-refractivity contribution in [3.8, 4) is 0 Å². The van der Waals surface area contributed by atoms with E-state index in [9.17, 15) is 14.4 Å². The van der Waals surface area contributed by atoms with Crippen LogP contribution in [0.25, 0.3) is 0 Å². The zero-order valence-corrected chi connectivity index (χ0v) is 19.1. The van der Waals surface area contributed by atoms with Crippen molar-refractivity contribution in [3.05, 3.63) is 16.0 Å². The van der Waals surface area contributed by atoms with Crippen LogP contribution in [-0.2, 0) is 27.2 Å². The first-order valence-electron chi connectivity index (χ1n) is 10.5. The fraction of sp³-hybridized carbons (Fsp3) is 0.667. The second kappa shape index (κ2) is 9.89. The number of likely N-dealkylation sites (N-methyl/N-ethyl adjacent to an activating group) is 1. The Morgan fingerprint density at radius 3 is 2.37 bits per heavy atom. The Labute approximate surface area is 182 Å². The number of amides is 2. The summed E-state index contributed by atoms with van der Waals surface area (Å²) < 4.78 is 4.99. The van der Waals surface area contributed by atoms with Crippen molar-refractivity contribution in [2.45, 2.75) is 26.2 Å². The van der Waals surface area contributed by atoms with Gasteiger partial charge < -0.3 is 15.0 Å². The minimum absolute atomic E-state index is 0.0903. The fourth-order valence-electron chi connectivity index (χ4n) is 3.96. The molecule has 8 nitrogen and oxygen atoms in total. The van der Waals surface area contributed by atoms with Crippen molar-refractivity contribution >= 4 is 34.1 Å². The summed E-state index contributed by atoms with van der Waals surface area (Å²) in [7, 11) is 4.90. The third-order valence-corrected chi connectivity index (χ3v) is 7.01. The molecule has 0 aromatic carbocycles. The van der Waals surface area contributed by atoms with Gasteiger partial charge in [-0.2, -0.15) is 0 Å². The average Bonchev–Trinajstić information content (AvgIpc) is 3.05. The molecule has 1 unspecified atom stereocenters. The fourth-order valence-corrected chi connectivity index (χ4v) is 5.38. The number of anilines is 1. The van der Waals surface area contributed by atoms with E-state index >= 15 is 0 Å². The molecule has 1 aromatic heterocycles. The van der Waals surface area contributed by atoms with Crippen LogP contribution in [0.2, 0.25) is 0 Å². The Hall–Kier alpha value is -1.97. The van der Waals surface area contributed by atoms with Gasteiger partial charge in [-0.1, -0.05) is 6.92 Å². The van der Waals surface area contributed by atoms with E-state index in [1.807, 2.05) is 0 Å². The highest BCUT2D eigenvalue weighted by Crippen LogP contribution is 2.40. The van der Waals surface area contributed by atoms with E-state index in [4.69, 9.17) is 4.74 Å². The van der Waals surface area contributed by atoms with Gasteiger partial charge in [-0.3, -0.25) is 19.4 Å². The van der Waals surface area contributed by atoms with E-state index in [-0.39, 0.29) is 24.3 Å². The first-order valence-corrected chi connectivity index (χ1v) is 11.3. The molecule has 0 spiro atoms. The van der Waals surface area contributed by atoms with Gasteiger partial charge in [0.05, 0.1) is 25.8 Å². The third kappa shape index (κ3) is 5.39. The van der Waals surface area contributed by atoms with Crippen molar-refractivity contribution < 1.29 is 19.1 Å². The first kappa shape index (κ1) is 22.7. The Morgan fingerprint density at radius 1 is 1.13 bits per heavy atom. The highest BCUT2D eigenvalue weighted by atomic mass is 32.1. The van der Waals surface area contributed by atoms with Crippen LogP contribution < -0.4 is 5.32 Å². The van der Waals surface area contributed by atoms with Crippen molar-refractivity contribution in [1.29, 1.82) is 0 Å². The van der Waals surface area contributed by atoms with Crippen molar-refractivity contribution in [1.82, 2.24) is 14.7 Å². The van der Waals surface area contributed by atoms with E-state index in [0.29, 0.717) is 23.0 Å². The summed E-state index contributed by atoms with van der Waals surface area (Å²) in [5.41, 5.74) is 1.57. The first-order chi connectivity index (χ1) is 14.3. The van der Waals surface area contributed by atoms with Gasteiger partial charge in [0.1, 0.15) is 5.00 Å². The van der Waals surface area contributed by atoms with Crippen LogP contribution >= 0.6 is 11.3 Å². The van der Waals surface area contributed by atoms with Crippen LogP contribution in [0.15, 0.2) is 0 Å². The van der Waals surface area contributed by atoms with Crippen molar-refractivity contribution in [2.24, 2.45) is 5.92 Å². The Morgan fingerprint density at radius 2 is 1.77 bits per heavy atom. The highest BCUT2D eigenvalue weighted by Gasteiger charge is 2.29. The summed E-state index contributed by atoms with van der Waals surface area (Å²) in [6.07, 6.45) is 2.83. The standard InChI is InChI=1S/C21H32N4O4S/c1-14-5-6-15-16(11-14)30-20(19(15)21(28)29-4)22-17(26)12-24-7-9-25(10-8-24)13-18(27)23(2)3/h14H,5-13H2,1-4H3,(H,22,26). The summed E-state index contributed by atoms with van der Waals surface area (Å²) in [6, 6.07) is 0. The molecule has 1 atom stereocenters. The monoisotopic (exact) mass is 436 g/mol. The molecule has 0 saturated carbocycles. The number of thiophene rings is 1. The molecule has 1 saturated heterocycles. The summed E-state index contributed by atoms with van der Waals surface area (Å²) in [5, 5.41) is 3.58. The second-order valence-electron chi connectivity index (χ2n) is 8.44. The number of nitrogens with one attached hydrogen (secondary N) is 1. The Bertz CT molecular complexity index is 799. The zero-order chi connectivity index (χ0) is 21.8. The molecule has 3 rings (SSSR count). The number of fused-ring (bicyclic) bond motifs is 1. The molecule has 166 valence electrons. The van der Waals surface area contributed by atoms with Crippen molar-refractivity contribution in [2.75, 3.05) is 65.8 Å². The molecule has 0 radical (unpaired) electrons. The number of hydrogen-bond acceptors (Lipinski definition) is 7. The number of carbonyl (C=O) groups excluding carboxylic acids is 3. The molecule has 1 aromatic rings. The van der Waals surface area contributed by atoms with Gasteiger partial charge in [0.25, 0.3) is 0 Å². The second-order valence-corrected chi connectivity index (χ2v) is 9.54. The number of rotatable bonds is 6. The van der Waals surface area contributed by atoms with Crippen LogP contribution in [0.1, 0.15) is 34.1 Å². The molecular weight excluding hydrogens is 404 g/mol. The van der Waals surface area contributed by atoms with Crippen LogP contribution in [0.4, 0.5) is 5.00 Å². The van der Waals surface area contributed by atoms with Gasteiger partial charge in [-0.25, -0.2) is 4.79 Å². The largest absolute Gasteiger partial charge is 0.465 e. The number of piperazine rings is 1. The van der Waals surface area contributed by atoms with Gasteiger partial charge in [0.15, 0.2) is 0 Å². The van der Waals surface area contributed by atoms with Crippen LogP contribution in [0.5, 0.6) is 0 Å². The third-order valence-electron chi connectivity index (χ3n) is 5.84. The predicted molar refractivity (Wildman–Crippen MR) is 117 cm³/mol. The Balaban J connectivity index is 1.58. The predicted octanol–water partition coefficient (Wildman–Crippen LogP) is 1.30. The number of nitrogens with zero attached hydrogens (tertiary/aromatic N) is 3. The normalized spacial score (nSPS) is 19.8.